The fourth-order valence-electron chi connectivity index (χ4n) is 3.44. The molecule has 0 saturated carbocycles. The summed E-state index contributed by atoms with van der Waals surface area (Å²) in [4.78, 5) is 28.4. The molecule has 178 valence electrons. The number of carbonyl (C=O) groups is 2. The van der Waals surface area contributed by atoms with Crippen molar-refractivity contribution >= 4 is 17.7 Å². The number of aromatic nitrogens is 1. The third-order valence-electron chi connectivity index (χ3n) is 5.18. The highest BCUT2D eigenvalue weighted by Gasteiger charge is 2.30. The van der Waals surface area contributed by atoms with Gasteiger partial charge in [-0.15, -0.1) is 0 Å². The molecule has 0 bridgehead atoms. The molecule has 2 heterocycles. The number of carbonyl (C=O) groups excluding carboxylic acids is 2. The van der Waals surface area contributed by atoms with Gasteiger partial charge >= 0.3 is 6.18 Å². The minimum atomic E-state index is -4.35. The molecule has 0 spiro atoms. The molecule has 2 N–H and O–H groups in total. The molecule has 0 radical (unpaired) electrons. The maximum absolute atomic E-state index is 12.7. The lowest BCUT2D eigenvalue weighted by Crippen LogP contribution is -2.38. The third-order valence-corrected chi connectivity index (χ3v) is 5.18. The van der Waals surface area contributed by atoms with E-state index in [9.17, 15) is 27.9 Å². The number of hydrogen-bond acceptors (Lipinski definition) is 6. The summed E-state index contributed by atoms with van der Waals surface area (Å²) in [5.41, 5.74) is 0.295. The van der Waals surface area contributed by atoms with Gasteiger partial charge in [-0.25, -0.2) is 4.98 Å². The first-order valence-corrected chi connectivity index (χ1v) is 10.5. The minimum Gasteiger partial charge on any atom is -0.530 e. The van der Waals surface area contributed by atoms with Crippen molar-refractivity contribution in [2.45, 2.75) is 31.5 Å². The second-order valence-electron chi connectivity index (χ2n) is 7.55. The number of carboxylic acid groups (broad SMARTS) is 1. The Bertz CT molecular complexity index is 928. The van der Waals surface area contributed by atoms with E-state index < -0.39 is 17.8 Å². The van der Waals surface area contributed by atoms with Crippen molar-refractivity contribution in [2.24, 2.45) is 0 Å². The highest BCUT2D eigenvalue weighted by atomic mass is 19.4. The molecular weight excluding hydrogens is 441 g/mol. The predicted octanol–water partition coefficient (Wildman–Crippen LogP) is 2.20. The first-order valence-electron chi connectivity index (χ1n) is 10.5. The van der Waals surface area contributed by atoms with E-state index in [1.54, 1.807) is 12.1 Å². The van der Waals surface area contributed by atoms with Crippen molar-refractivity contribution in [2.75, 3.05) is 31.1 Å². The second kappa shape index (κ2) is 10.9. The van der Waals surface area contributed by atoms with Gasteiger partial charge in [-0.1, -0.05) is 0 Å². The summed E-state index contributed by atoms with van der Waals surface area (Å²) in [6.45, 7) is 1.77. The minimum absolute atomic E-state index is 0.0617. The maximum atomic E-state index is 12.7. The Morgan fingerprint density at radius 3 is 2.30 bits per heavy atom. The highest BCUT2D eigenvalue weighted by molar-refractivity contribution is 5.92. The molecule has 8 nitrogen and oxygen atoms in total. The molecule has 2 aromatic rings. The molecule has 3 rings (SSSR count). The molecule has 0 unspecified atom stereocenters. The molecule has 2 amide bonds. The smallest absolute Gasteiger partial charge is 0.416 e. The summed E-state index contributed by atoms with van der Waals surface area (Å²) in [7, 11) is 0. The number of nitrogens with one attached hydrogen (secondary N) is 2. The van der Waals surface area contributed by atoms with Crippen LogP contribution < -0.4 is 25.4 Å². The Balaban J connectivity index is 1.42. The van der Waals surface area contributed by atoms with Crippen molar-refractivity contribution in [3.05, 3.63) is 53.9 Å². The molecule has 1 fully saturated rings. The number of anilines is 1. The van der Waals surface area contributed by atoms with Crippen LogP contribution in [0.4, 0.5) is 23.7 Å². The Morgan fingerprint density at radius 2 is 1.73 bits per heavy atom. The SMILES string of the molecule is O=C([O-])NCCCNC(=O)c1ccc(OC2CCN(c3ccc(C(F)(F)F)cc3)CC2)cn1. The van der Waals surface area contributed by atoms with Crippen LogP contribution in [-0.2, 0) is 6.18 Å². The van der Waals surface area contributed by atoms with Gasteiger partial charge in [-0.2, -0.15) is 13.2 Å². The monoisotopic (exact) mass is 465 g/mol. The molecule has 1 aliphatic rings. The molecule has 1 saturated heterocycles. The molecule has 0 atom stereocenters. The van der Waals surface area contributed by atoms with Crippen LogP contribution in [0.2, 0.25) is 0 Å². The van der Waals surface area contributed by atoms with Gasteiger partial charge in [0.05, 0.1) is 11.8 Å². The zero-order chi connectivity index (χ0) is 23.8. The number of piperidine rings is 1. The number of nitrogens with zero attached hydrogens (tertiary/aromatic N) is 2. The van der Waals surface area contributed by atoms with Gasteiger partial charge in [0.1, 0.15) is 23.6 Å². The summed E-state index contributed by atoms with van der Waals surface area (Å²) in [5, 5.41) is 15.0. The maximum Gasteiger partial charge on any atom is 0.416 e. The lowest BCUT2D eigenvalue weighted by atomic mass is 10.1. The molecule has 1 aromatic carbocycles. The summed E-state index contributed by atoms with van der Waals surface area (Å²) >= 11 is 0. The van der Waals surface area contributed by atoms with E-state index in [1.807, 2.05) is 4.90 Å². The van der Waals surface area contributed by atoms with Gasteiger partial charge in [-0.05, 0) is 42.8 Å². The first-order chi connectivity index (χ1) is 15.7. The summed E-state index contributed by atoms with van der Waals surface area (Å²) in [6, 6.07) is 8.34. The quantitative estimate of drug-likeness (QED) is 0.579. The Labute approximate surface area is 188 Å². The van der Waals surface area contributed by atoms with E-state index in [0.29, 0.717) is 38.1 Å². The molecule has 1 aromatic heterocycles. The summed E-state index contributed by atoms with van der Waals surface area (Å²) in [6.07, 6.45) is -2.48. The van der Waals surface area contributed by atoms with Gasteiger partial charge in [0.15, 0.2) is 0 Å². The fraction of sp³-hybridized carbons (Fsp3) is 0.409. The number of amides is 2. The van der Waals surface area contributed by atoms with E-state index in [-0.39, 0.29) is 30.8 Å². The van der Waals surface area contributed by atoms with Gasteiger partial charge in [0.2, 0.25) is 0 Å². The van der Waals surface area contributed by atoms with Crippen LogP contribution in [0, 0.1) is 0 Å². The van der Waals surface area contributed by atoms with Gasteiger partial charge in [0, 0.05) is 44.7 Å². The number of benzene rings is 1. The van der Waals surface area contributed by atoms with Gasteiger partial charge < -0.3 is 30.2 Å². The van der Waals surface area contributed by atoms with Crippen LogP contribution >= 0.6 is 0 Å². The number of alkyl halides is 3. The highest BCUT2D eigenvalue weighted by Crippen LogP contribution is 2.31. The lowest BCUT2D eigenvalue weighted by Gasteiger charge is -2.33. The largest absolute Gasteiger partial charge is 0.530 e. The zero-order valence-corrected chi connectivity index (χ0v) is 17.7. The summed E-state index contributed by atoms with van der Waals surface area (Å²) < 4.78 is 44.1. The topological polar surface area (TPSA) is 107 Å². The second-order valence-corrected chi connectivity index (χ2v) is 7.55. The van der Waals surface area contributed by atoms with E-state index in [1.165, 1.54) is 18.3 Å². The Morgan fingerprint density at radius 1 is 1.06 bits per heavy atom. The number of ether oxygens (including phenoxy) is 1. The van der Waals surface area contributed by atoms with Crippen LogP contribution in [0.25, 0.3) is 0 Å². The molecule has 0 aliphatic carbocycles. The number of pyridine rings is 1. The van der Waals surface area contributed by atoms with E-state index in [2.05, 4.69) is 15.6 Å². The van der Waals surface area contributed by atoms with Crippen molar-refractivity contribution in [3.63, 3.8) is 0 Å². The predicted molar refractivity (Wildman–Crippen MR) is 112 cm³/mol. The van der Waals surface area contributed by atoms with Gasteiger partial charge in [0.25, 0.3) is 5.91 Å². The van der Waals surface area contributed by atoms with Gasteiger partial charge in [-0.3, -0.25) is 4.79 Å². The normalized spacial score (nSPS) is 14.6. The fourth-order valence-corrected chi connectivity index (χ4v) is 3.44. The van der Waals surface area contributed by atoms with E-state index in [0.717, 1.165) is 17.8 Å². The van der Waals surface area contributed by atoms with Crippen LogP contribution in [0.5, 0.6) is 5.75 Å². The van der Waals surface area contributed by atoms with Crippen LogP contribution in [0.15, 0.2) is 42.6 Å². The lowest BCUT2D eigenvalue weighted by molar-refractivity contribution is -0.250. The average molecular weight is 465 g/mol. The Kier molecular flexibility index (Phi) is 7.96. The van der Waals surface area contributed by atoms with Crippen LogP contribution in [0.3, 0.4) is 0 Å². The van der Waals surface area contributed by atoms with Crippen molar-refractivity contribution < 1.29 is 32.6 Å². The number of rotatable bonds is 8. The van der Waals surface area contributed by atoms with E-state index >= 15 is 0 Å². The third kappa shape index (κ3) is 7.26. The summed E-state index contributed by atoms with van der Waals surface area (Å²) in [5.74, 6) is 0.150. The molecule has 1 aliphatic heterocycles. The standard InChI is InChI=1S/C22H25F3N4O4/c23-22(24,25)15-2-4-16(5-3-15)29-12-8-17(9-13-29)33-18-6-7-19(28-14-18)20(30)26-10-1-11-27-21(31)32/h2-7,14,17,27H,1,8-13H2,(H,26,30)(H,31,32)/p-1. The molecule has 11 heteroatoms. The number of hydrogen-bond donors (Lipinski definition) is 2. The first kappa shape index (κ1) is 24.1. The zero-order valence-electron chi connectivity index (χ0n) is 17.7. The van der Waals surface area contributed by atoms with E-state index in [4.69, 9.17) is 4.74 Å². The number of halogens is 3. The Hall–Kier alpha value is -3.50. The van der Waals surface area contributed by atoms with Crippen molar-refractivity contribution in [3.8, 4) is 5.75 Å². The molecular formula is C22H24F3N4O4-. The molecule has 33 heavy (non-hydrogen) atoms. The average Bonchev–Trinajstić information content (AvgIpc) is 2.79. The van der Waals surface area contributed by atoms with Crippen molar-refractivity contribution in [1.29, 1.82) is 0 Å². The van der Waals surface area contributed by atoms with Crippen LogP contribution in [-0.4, -0.2) is 49.3 Å². The van der Waals surface area contributed by atoms with Crippen LogP contribution in [0.1, 0.15) is 35.3 Å². The van der Waals surface area contributed by atoms with Crippen molar-refractivity contribution in [1.82, 2.24) is 15.6 Å².